The van der Waals surface area contributed by atoms with Gasteiger partial charge in [-0.3, -0.25) is 4.79 Å². The molecule has 0 spiro atoms. The zero-order chi connectivity index (χ0) is 21.9. The van der Waals surface area contributed by atoms with Crippen molar-refractivity contribution >= 4 is 35.4 Å². The largest absolute Gasteiger partial charge is 0.325 e. The highest BCUT2D eigenvalue weighted by molar-refractivity contribution is 6.30. The van der Waals surface area contributed by atoms with Gasteiger partial charge in [-0.15, -0.1) is 6.58 Å². The van der Waals surface area contributed by atoms with Crippen molar-refractivity contribution in [1.29, 1.82) is 0 Å². The van der Waals surface area contributed by atoms with E-state index in [0.29, 0.717) is 29.3 Å². The van der Waals surface area contributed by atoms with Crippen LogP contribution in [0.1, 0.15) is 56.2 Å². The molecule has 0 saturated carbocycles. The standard InChI is InChI=1S/C25H27Cl2NO2/c1-4-13-25(3)15-22(18-7-6-8-20(27)14-18)23(17-9-11-19(26)12-10-17)28(24(25)30)21(5-2)16-29/h4,6-12,14,16,21-23H,1,5,13,15H2,2-3H3/t21?,22-,23-,25+/m1/s1. The third-order valence-corrected chi connectivity index (χ3v) is 6.61. The maximum absolute atomic E-state index is 13.8. The lowest BCUT2D eigenvalue weighted by Gasteiger charge is -2.51. The summed E-state index contributed by atoms with van der Waals surface area (Å²) in [5.41, 5.74) is 1.36. The number of halogens is 2. The molecule has 0 bridgehead atoms. The van der Waals surface area contributed by atoms with Crippen LogP contribution in [0.2, 0.25) is 10.0 Å². The Bertz CT molecular complexity index is 927. The summed E-state index contributed by atoms with van der Waals surface area (Å²) in [6, 6.07) is 14.5. The van der Waals surface area contributed by atoms with E-state index in [9.17, 15) is 9.59 Å². The molecule has 0 aliphatic carbocycles. The minimum Gasteiger partial charge on any atom is -0.325 e. The van der Waals surface area contributed by atoms with Crippen LogP contribution in [0.4, 0.5) is 0 Å². The second kappa shape index (κ2) is 9.36. The minimum absolute atomic E-state index is 0.0143. The second-order valence-corrected chi connectivity index (χ2v) is 9.11. The molecule has 0 aromatic heterocycles. The molecule has 2 aromatic rings. The van der Waals surface area contributed by atoms with E-state index in [-0.39, 0.29) is 17.9 Å². The number of hydrogen-bond donors (Lipinski definition) is 0. The summed E-state index contributed by atoms with van der Waals surface area (Å²) in [6.07, 6.45) is 4.40. The Morgan fingerprint density at radius 3 is 2.43 bits per heavy atom. The van der Waals surface area contributed by atoms with Crippen LogP contribution >= 0.6 is 23.2 Å². The summed E-state index contributed by atoms with van der Waals surface area (Å²) in [6.45, 7) is 7.77. The Balaban J connectivity index is 2.23. The molecule has 1 heterocycles. The Labute approximate surface area is 188 Å². The maximum atomic E-state index is 13.8. The molecule has 3 rings (SSSR count). The van der Waals surface area contributed by atoms with E-state index in [0.717, 1.165) is 17.4 Å². The van der Waals surface area contributed by atoms with Gasteiger partial charge in [-0.25, -0.2) is 0 Å². The zero-order valence-corrected chi connectivity index (χ0v) is 18.9. The van der Waals surface area contributed by atoms with E-state index in [1.54, 1.807) is 11.0 Å². The molecule has 5 heteroatoms. The Morgan fingerprint density at radius 1 is 1.17 bits per heavy atom. The number of amides is 1. The number of benzene rings is 2. The number of rotatable bonds is 7. The van der Waals surface area contributed by atoms with Crippen molar-refractivity contribution in [3.05, 3.63) is 82.4 Å². The Kier molecular flexibility index (Phi) is 7.05. The molecule has 1 unspecified atom stereocenters. The molecule has 0 radical (unpaired) electrons. The molecule has 158 valence electrons. The van der Waals surface area contributed by atoms with Crippen LogP contribution in [0.3, 0.4) is 0 Å². The molecule has 0 N–H and O–H groups in total. The molecule has 4 atom stereocenters. The molecule has 2 aromatic carbocycles. The van der Waals surface area contributed by atoms with E-state index in [4.69, 9.17) is 23.2 Å². The first-order valence-corrected chi connectivity index (χ1v) is 11.0. The summed E-state index contributed by atoms with van der Waals surface area (Å²) < 4.78 is 0. The molecule has 1 aliphatic heterocycles. The topological polar surface area (TPSA) is 37.4 Å². The number of carbonyl (C=O) groups excluding carboxylic acids is 2. The Morgan fingerprint density at radius 2 is 1.87 bits per heavy atom. The highest BCUT2D eigenvalue weighted by Crippen LogP contribution is 2.52. The summed E-state index contributed by atoms with van der Waals surface area (Å²) >= 11 is 12.5. The van der Waals surface area contributed by atoms with Gasteiger partial charge in [-0.05, 0) is 54.7 Å². The number of likely N-dealkylation sites (tertiary alicyclic amines) is 1. The van der Waals surface area contributed by atoms with Gasteiger partial charge in [-0.2, -0.15) is 0 Å². The van der Waals surface area contributed by atoms with Crippen LogP contribution in [0.5, 0.6) is 0 Å². The fourth-order valence-corrected chi connectivity index (χ4v) is 4.94. The first-order valence-electron chi connectivity index (χ1n) is 10.2. The SMILES string of the molecule is C=CC[C@@]1(C)C[C@H](c2cccc(Cl)c2)[C@@H](c2ccc(Cl)cc2)N(C(C=O)CC)C1=O. The van der Waals surface area contributed by atoms with Crippen LogP contribution in [0, 0.1) is 5.41 Å². The minimum atomic E-state index is -0.645. The average Bonchev–Trinajstić information content (AvgIpc) is 2.73. The van der Waals surface area contributed by atoms with Gasteiger partial charge in [0.2, 0.25) is 5.91 Å². The van der Waals surface area contributed by atoms with E-state index in [2.05, 4.69) is 6.58 Å². The van der Waals surface area contributed by atoms with Gasteiger partial charge < -0.3 is 9.69 Å². The third-order valence-electron chi connectivity index (χ3n) is 6.12. The van der Waals surface area contributed by atoms with Crippen molar-refractivity contribution in [2.24, 2.45) is 5.41 Å². The summed E-state index contributed by atoms with van der Waals surface area (Å²) in [5.74, 6) is -0.0406. The molecule has 3 nitrogen and oxygen atoms in total. The van der Waals surface area contributed by atoms with Crippen molar-refractivity contribution < 1.29 is 9.59 Å². The third kappa shape index (κ3) is 4.33. The number of carbonyl (C=O) groups is 2. The summed E-state index contributed by atoms with van der Waals surface area (Å²) in [5, 5.41) is 1.28. The smallest absolute Gasteiger partial charge is 0.229 e. The van der Waals surface area contributed by atoms with Crippen LogP contribution in [-0.4, -0.2) is 23.1 Å². The van der Waals surface area contributed by atoms with Gasteiger partial charge >= 0.3 is 0 Å². The van der Waals surface area contributed by atoms with Crippen molar-refractivity contribution in [1.82, 2.24) is 4.90 Å². The predicted octanol–water partition coefficient (Wildman–Crippen LogP) is 6.61. The maximum Gasteiger partial charge on any atom is 0.229 e. The molecular formula is C25H27Cl2NO2. The monoisotopic (exact) mass is 443 g/mol. The number of hydrogen-bond acceptors (Lipinski definition) is 2. The van der Waals surface area contributed by atoms with Crippen LogP contribution in [0.15, 0.2) is 61.2 Å². The summed E-state index contributed by atoms with van der Waals surface area (Å²) in [7, 11) is 0. The number of piperidine rings is 1. The summed E-state index contributed by atoms with van der Waals surface area (Å²) in [4.78, 5) is 27.6. The van der Waals surface area contributed by atoms with Gasteiger partial charge in [-0.1, -0.05) is 67.4 Å². The van der Waals surface area contributed by atoms with Crippen molar-refractivity contribution in [3.63, 3.8) is 0 Å². The first-order chi connectivity index (χ1) is 14.3. The fraction of sp³-hybridized carbons (Fsp3) is 0.360. The molecule has 30 heavy (non-hydrogen) atoms. The van der Waals surface area contributed by atoms with E-state index >= 15 is 0 Å². The van der Waals surface area contributed by atoms with Crippen LogP contribution < -0.4 is 0 Å². The fourth-order valence-electron chi connectivity index (χ4n) is 4.61. The second-order valence-electron chi connectivity index (χ2n) is 8.24. The predicted molar refractivity (Wildman–Crippen MR) is 123 cm³/mol. The normalized spacial score (nSPS) is 25.1. The lowest BCUT2D eigenvalue weighted by molar-refractivity contribution is -0.156. The quantitative estimate of drug-likeness (QED) is 0.356. The van der Waals surface area contributed by atoms with Gasteiger partial charge in [0.15, 0.2) is 0 Å². The highest BCUT2D eigenvalue weighted by atomic mass is 35.5. The van der Waals surface area contributed by atoms with Gasteiger partial charge in [0.1, 0.15) is 6.29 Å². The lowest BCUT2D eigenvalue weighted by atomic mass is 9.67. The van der Waals surface area contributed by atoms with Gasteiger partial charge in [0, 0.05) is 16.0 Å². The van der Waals surface area contributed by atoms with E-state index in [1.165, 1.54) is 0 Å². The van der Waals surface area contributed by atoms with Crippen molar-refractivity contribution in [2.45, 2.75) is 51.1 Å². The lowest BCUT2D eigenvalue weighted by Crippen LogP contribution is -2.55. The number of aldehydes is 1. The number of allylic oxidation sites excluding steroid dienone is 1. The zero-order valence-electron chi connectivity index (χ0n) is 17.4. The molecule has 1 saturated heterocycles. The van der Waals surface area contributed by atoms with Gasteiger partial charge in [0.25, 0.3) is 0 Å². The van der Waals surface area contributed by atoms with Crippen LogP contribution in [0.25, 0.3) is 0 Å². The van der Waals surface area contributed by atoms with E-state index < -0.39 is 11.5 Å². The first kappa shape index (κ1) is 22.6. The molecular weight excluding hydrogens is 417 g/mol. The van der Waals surface area contributed by atoms with Gasteiger partial charge in [0.05, 0.1) is 17.5 Å². The number of nitrogens with zero attached hydrogens (tertiary/aromatic N) is 1. The molecule has 1 fully saturated rings. The van der Waals surface area contributed by atoms with E-state index in [1.807, 2.05) is 62.4 Å². The average molecular weight is 444 g/mol. The van der Waals surface area contributed by atoms with Crippen molar-refractivity contribution in [3.8, 4) is 0 Å². The molecule has 1 amide bonds. The van der Waals surface area contributed by atoms with Crippen LogP contribution in [-0.2, 0) is 9.59 Å². The Hall–Kier alpha value is -2.10. The highest BCUT2D eigenvalue weighted by Gasteiger charge is 2.50. The molecule has 1 aliphatic rings. The van der Waals surface area contributed by atoms with Crippen molar-refractivity contribution in [2.75, 3.05) is 0 Å².